The van der Waals surface area contributed by atoms with Crippen LogP contribution in [0.1, 0.15) is 25.8 Å². The van der Waals surface area contributed by atoms with Crippen LogP contribution in [0.3, 0.4) is 0 Å². The van der Waals surface area contributed by atoms with Crippen molar-refractivity contribution in [3.05, 3.63) is 35.1 Å². The van der Waals surface area contributed by atoms with Crippen molar-refractivity contribution in [3.8, 4) is 0 Å². The van der Waals surface area contributed by atoms with E-state index in [1.54, 1.807) is 0 Å². The minimum atomic E-state index is -1.55. The number of likely N-dealkylation sites (N-methyl/N-ethyl adjacent to an activating group) is 1. The summed E-state index contributed by atoms with van der Waals surface area (Å²) in [7, 11) is 0. The normalized spacial score (nSPS) is 18.3. The highest BCUT2D eigenvalue weighted by Crippen LogP contribution is 2.18. The molecule has 1 saturated heterocycles. The number of rotatable bonds is 8. The van der Waals surface area contributed by atoms with Crippen LogP contribution in [0, 0.1) is 17.5 Å². The lowest BCUT2D eigenvalue weighted by Gasteiger charge is -2.38. The molecular weight excluding hydrogens is 373 g/mol. The summed E-state index contributed by atoms with van der Waals surface area (Å²) in [5.74, 6) is -4.65. The van der Waals surface area contributed by atoms with Gasteiger partial charge in [0, 0.05) is 32.1 Å². The Hall–Kier alpha value is -2.13. The van der Waals surface area contributed by atoms with E-state index in [0.717, 1.165) is 25.2 Å². The number of carbonyl (C=O) groups excluding carboxylic acids is 2. The Balaban J connectivity index is 2.04. The standard InChI is InChI=1S/C19H27F3N4O2/c1-3-25(4-2)11-15-19(28)24-7-8-26(15)16(27)10-13(23)9-12-5-6-14(20)18(22)17(12)21/h5-6,13,15H,3-4,7-11,23H2,1-2H3,(H,24,28)/t13-,15-/m1/s1. The van der Waals surface area contributed by atoms with E-state index in [9.17, 15) is 22.8 Å². The molecule has 0 spiro atoms. The second-order valence-corrected chi connectivity index (χ2v) is 6.88. The quantitative estimate of drug-likeness (QED) is 0.639. The molecule has 1 aromatic carbocycles. The molecule has 2 amide bonds. The molecule has 156 valence electrons. The summed E-state index contributed by atoms with van der Waals surface area (Å²) in [5.41, 5.74) is 5.87. The highest BCUT2D eigenvalue weighted by Gasteiger charge is 2.34. The van der Waals surface area contributed by atoms with Crippen molar-refractivity contribution < 1.29 is 22.8 Å². The average molecular weight is 400 g/mol. The van der Waals surface area contributed by atoms with Crippen LogP contribution in [-0.2, 0) is 16.0 Å². The summed E-state index contributed by atoms with van der Waals surface area (Å²) in [6.07, 6.45) is -0.240. The van der Waals surface area contributed by atoms with Gasteiger partial charge in [-0.2, -0.15) is 0 Å². The summed E-state index contributed by atoms with van der Waals surface area (Å²) in [6, 6.07) is 0.548. The number of hydrogen-bond donors (Lipinski definition) is 2. The molecule has 1 aliphatic heterocycles. The molecule has 0 aliphatic carbocycles. The highest BCUT2D eigenvalue weighted by molar-refractivity contribution is 5.89. The van der Waals surface area contributed by atoms with Crippen LogP contribution in [0.5, 0.6) is 0 Å². The Kier molecular flexibility index (Phi) is 7.82. The van der Waals surface area contributed by atoms with Crippen LogP contribution >= 0.6 is 0 Å². The number of nitrogens with zero attached hydrogens (tertiary/aromatic N) is 2. The van der Waals surface area contributed by atoms with Gasteiger partial charge in [-0.1, -0.05) is 19.9 Å². The third-order valence-corrected chi connectivity index (χ3v) is 5.01. The first kappa shape index (κ1) is 22.2. The third-order valence-electron chi connectivity index (χ3n) is 5.01. The van der Waals surface area contributed by atoms with Gasteiger partial charge in [0.25, 0.3) is 0 Å². The fraction of sp³-hybridized carbons (Fsp3) is 0.579. The predicted molar refractivity (Wildman–Crippen MR) is 98.9 cm³/mol. The molecule has 1 aliphatic rings. The molecule has 0 aromatic heterocycles. The smallest absolute Gasteiger partial charge is 0.244 e. The molecular formula is C19H27F3N4O2. The minimum Gasteiger partial charge on any atom is -0.352 e. The first-order chi connectivity index (χ1) is 13.3. The zero-order valence-electron chi connectivity index (χ0n) is 16.2. The van der Waals surface area contributed by atoms with E-state index in [0.29, 0.717) is 19.6 Å². The minimum absolute atomic E-state index is 0.0877. The van der Waals surface area contributed by atoms with Crippen molar-refractivity contribution >= 4 is 11.8 Å². The average Bonchev–Trinajstić information content (AvgIpc) is 2.67. The number of carbonyl (C=O) groups is 2. The van der Waals surface area contributed by atoms with Crippen LogP contribution < -0.4 is 11.1 Å². The maximum Gasteiger partial charge on any atom is 0.244 e. The maximum atomic E-state index is 13.8. The van der Waals surface area contributed by atoms with E-state index in [1.807, 2.05) is 18.7 Å². The van der Waals surface area contributed by atoms with Gasteiger partial charge >= 0.3 is 0 Å². The van der Waals surface area contributed by atoms with Crippen LogP contribution in [-0.4, -0.2) is 66.4 Å². The van der Waals surface area contributed by atoms with Crippen LogP contribution in [0.15, 0.2) is 12.1 Å². The van der Waals surface area contributed by atoms with Crippen molar-refractivity contribution in [3.63, 3.8) is 0 Å². The third kappa shape index (κ3) is 5.23. The van der Waals surface area contributed by atoms with Crippen molar-refractivity contribution in [2.45, 2.75) is 38.8 Å². The summed E-state index contributed by atoms with van der Waals surface area (Å²) in [4.78, 5) is 28.6. The van der Waals surface area contributed by atoms with E-state index in [2.05, 4.69) is 5.32 Å². The summed E-state index contributed by atoms with van der Waals surface area (Å²) >= 11 is 0. The Morgan fingerprint density at radius 2 is 1.96 bits per heavy atom. The first-order valence-electron chi connectivity index (χ1n) is 9.45. The molecule has 2 atom stereocenters. The molecule has 0 unspecified atom stereocenters. The van der Waals surface area contributed by atoms with Gasteiger partial charge in [-0.3, -0.25) is 9.59 Å². The molecule has 0 bridgehead atoms. The highest BCUT2D eigenvalue weighted by atomic mass is 19.2. The van der Waals surface area contributed by atoms with Crippen LogP contribution in [0.25, 0.3) is 0 Å². The summed E-state index contributed by atoms with van der Waals surface area (Å²) in [5, 5.41) is 2.77. The van der Waals surface area contributed by atoms with E-state index in [-0.39, 0.29) is 30.2 Å². The number of amides is 2. The Morgan fingerprint density at radius 1 is 1.29 bits per heavy atom. The Labute approximate surface area is 162 Å². The number of nitrogens with two attached hydrogens (primary N) is 1. The largest absolute Gasteiger partial charge is 0.352 e. The number of hydrogen-bond acceptors (Lipinski definition) is 4. The fourth-order valence-electron chi connectivity index (χ4n) is 3.34. The van der Waals surface area contributed by atoms with Crippen LogP contribution in [0.2, 0.25) is 0 Å². The van der Waals surface area contributed by atoms with E-state index in [1.165, 1.54) is 4.90 Å². The predicted octanol–water partition coefficient (Wildman–Crippen LogP) is 1.03. The number of nitrogens with one attached hydrogen (secondary N) is 1. The second kappa shape index (κ2) is 9.88. The van der Waals surface area contributed by atoms with Crippen molar-refractivity contribution in [1.82, 2.24) is 15.1 Å². The lowest BCUT2D eigenvalue weighted by atomic mass is 10.0. The van der Waals surface area contributed by atoms with Gasteiger partial charge < -0.3 is 20.9 Å². The monoisotopic (exact) mass is 400 g/mol. The molecule has 0 saturated carbocycles. The van der Waals surface area contributed by atoms with Crippen molar-refractivity contribution in [2.24, 2.45) is 5.73 Å². The van der Waals surface area contributed by atoms with Gasteiger partial charge in [0.1, 0.15) is 6.04 Å². The van der Waals surface area contributed by atoms with Gasteiger partial charge in [-0.15, -0.1) is 0 Å². The molecule has 0 radical (unpaired) electrons. The molecule has 1 fully saturated rings. The van der Waals surface area contributed by atoms with Gasteiger partial charge in [-0.25, -0.2) is 13.2 Å². The first-order valence-corrected chi connectivity index (χ1v) is 9.45. The lowest BCUT2D eigenvalue weighted by molar-refractivity contribution is -0.144. The Morgan fingerprint density at radius 3 is 2.61 bits per heavy atom. The van der Waals surface area contributed by atoms with Crippen molar-refractivity contribution in [1.29, 1.82) is 0 Å². The van der Waals surface area contributed by atoms with Crippen molar-refractivity contribution in [2.75, 3.05) is 32.7 Å². The maximum absolute atomic E-state index is 13.8. The molecule has 2 rings (SSSR count). The number of halogens is 3. The topological polar surface area (TPSA) is 78.7 Å². The molecule has 6 nitrogen and oxygen atoms in total. The van der Waals surface area contributed by atoms with E-state index in [4.69, 9.17) is 5.73 Å². The molecule has 3 N–H and O–H groups in total. The second-order valence-electron chi connectivity index (χ2n) is 6.88. The Bertz CT molecular complexity index is 713. The lowest BCUT2D eigenvalue weighted by Crippen LogP contribution is -2.61. The number of piperazine rings is 1. The summed E-state index contributed by atoms with van der Waals surface area (Å²) in [6.45, 7) is 6.58. The van der Waals surface area contributed by atoms with Gasteiger partial charge in [0.05, 0.1) is 0 Å². The van der Waals surface area contributed by atoms with Crippen LogP contribution in [0.4, 0.5) is 13.2 Å². The van der Waals surface area contributed by atoms with Gasteiger partial charge in [0.15, 0.2) is 17.5 Å². The molecule has 1 aromatic rings. The zero-order valence-corrected chi connectivity index (χ0v) is 16.2. The van der Waals surface area contributed by atoms with E-state index < -0.39 is 29.5 Å². The SMILES string of the molecule is CCN(CC)C[C@@H]1C(=O)NCCN1C(=O)C[C@H](N)Cc1ccc(F)c(F)c1F. The van der Waals surface area contributed by atoms with Gasteiger partial charge in [0.2, 0.25) is 11.8 Å². The summed E-state index contributed by atoms with van der Waals surface area (Å²) < 4.78 is 40.2. The zero-order chi connectivity index (χ0) is 20.8. The molecule has 28 heavy (non-hydrogen) atoms. The van der Waals surface area contributed by atoms with E-state index >= 15 is 0 Å². The molecule has 9 heteroatoms. The molecule has 1 heterocycles. The van der Waals surface area contributed by atoms with Gasteiger partial charge in [-0.05, 0) is 31.1 Å². The fourth-order valence-corrected chi connectivity index (χ4v) is 3.34. The number of benzene rings is 1.